The number of carbonyl (C=O) groups excluding carboxylic acids is 1. The van der Waals surface area contributed by atoms with Crippen LogP contribution in [-0.2, 0) is 10.0 Å². The quantitative estimate of drug-likeness (QED) is 0.829. The van der Waals surface area contributed by atoms with Gasteiger partial charge in [-0.1, -0.05) is 40.9 Å². The first-order valence-corrected chi connectivity index (χ1v) is 8.48. The van der Waals surface area contributed by atoms with Crippen molar-refractivity contribution in [2.24, 2.45) is 0 Å². The number of nitrogens with zero attached hydrogens (tertiary/aromatic N) is 1. The van der Waals surface area contributed by atoms with Gasteiger partial charge < -0.3 is 0 Å². The van der Waals surface area contributed by atoms with Crippen LogP contribution in [0.5, 0.6) is 0 Å². The Balaban J connectivity index is 2.38. The number of nitrogens with one attached hydrogen (secondary N) is 1. The molecule has 116 valence electrons. The van der Waals surface area contributed by atoms with Crippen molar-refractivity contribution in [3.63, 3.8) is 0 Å². The maximum atomic E-state index is 12.3. The molecule has 1 heterocycles. The van der Waals surface area contributed by atoms with E-state index in [1.165, 1.54) is 30.3 Å². The van der Waals surface area contributed by atoms with Gasteiger partial charge in [-0.25, -0.2) is 18.1 Å². The van der Waals surface area contributed by atoms with E-state index in [0.717, 1.165) is 0 Å². The molecule has 1 N–H and O–H groups in total. The molecular weight excluding hydrogens is 371 g/mol. The maximum Gasteiger partial charge on any atom is 0.283 e. The van der Waals surface area contributed by atoms with Crippen molar-refractivity contribution in [3.8, 4) is 0 Å². The third kappa shape index (κ3) is 3.70. The number of aryl methyl sites for hydroxylation is 1. The first-order chi connectivity index (χ1) is 10.2. The molecule has 1 aromatic carbocycles. The third-order valence-electron chi connectivity index (χ3n) is 2.59. The van der Waals surface area contributed by atoms with Gasteiger partial charge >= 0.3 is 0 Å². The number of hydrogen-bond acceptors (Lipinski definition) is 4. The van der Waals surface area contributed by atoms with Crippen LogP contribution in [0.4, 0.5) is 0 Å². The van der Waals surface area contributed by atoms with Crippen LogP contribution in [0.3, 0.4) is 0 Å². The summed E-state index contributed by atoms with van der Waals surface area (Å²) in [6.07, 6.45) is 0. The number of amides is 1. The summed E-state index contributed by atoms with van der Waals surface area (Å²) in [6, 6.07) is 7.15. The molecule has 0 radical (unpaired) electrons. The van der Waals surface area contributed by atoms with Crippen molar-refractivity contribution in [1.29, 1.82) is 0 Å². The number of hydrogen-bond donors (Lipinski definition) is 1. The fourth-order valence-electron chi connectivity index (χ4n) is 1.71. The molecule has 0 bridgehead atoms. The number of rotatable bonds is 3. The Morgan fingerprint density at radius 3 is 2.27 bits per heavy atom. The molecule has 2 rings (SSSR count). The van der Waals surface area contributed by atoms with E-state index < -0.39 is 15.9 Å². The Morgan fingerprint density at radius 2 is 1.73 bits per heavy atom. The Morgan fingerprint density at radius 1 is 1.14 bits per heavy atom. The van der Waals surface area contributed by atoms with Crippen LogP contribution in [0.15, 0.2) is 35.2 Å². The second-order valence-corrected chi connectivity index (χ2v) is 7.16. The molecule has 2 aromatic rings. The molecule has 5 nitrogen and oxygen atoms in total. The monoisotopic (exact) mass is 378 g/mol. The molecule has 1 aromatic heterocycles. The smallest absolute Gasteiger partial charge is 0.266 e. The standard InChI is InChI=1S/C13H9Cl3N2O3S/c1-7-5-10(17-11(16)6-7)13(19)18-22(20,21)12-8(14)3-2-4-9(12)15/h2-6H,1H3,(H,18,19). The molecule has 9 heteroatoms. The highest BCUT2D eigenvalue weighted by Crippen LogP contribution is 2.28. The second kappa shape index (κ2) is 6.42. The van der Waals surface area contributed by atoms with Crippen LogP contribution in [0, 0.1) is 6.92 Å². The van der Waals surface area contributed by atoms with Crippen LogP contribution in [0.1, 0.15) is 16.1 Å². The van der Waals surface area contributed by atoms with Crippen LogP contribution in [-0.4, -0.2) is 19.3 Å². The number of halogens is 3. The van der Waals surface area contributed by atoms with Crippen molar-refractivity contribution in [2.75, 3.05) is 0 Å². The van der Waals surface area contributed by atoms with Crippen molar-refractivity contribution in [3.05, 3.63) is 56.8 Å². The lowest BCUT2D eigenvalue weighted by atomic mass is 10.2. The highest BCUT2D eigenvalue weighted by atomic mass is 35.5. The van der Waals surface area contributed by atoms with Gasteiger partial charge in [0.2, 0.25) is 0 Å². The van der Waals surface area contributed by atoms with Gasteiger partial charge in [-0.05, 0) is 36.8 Å². The fourth-order valence-corrected chi connectivity index (χ4v) is 4.08. The minimum absolute atomic E-state index is 0.0818. The van der Waals surface area contributed by atoms with Gasteiger partial charge in [0.05, 0.1) is 10.0 Å². The zero-order valence-electron chi connectivity index (χ0n) is 11.1. The molecular formula is C13H9Cl3N2O3S. The topological polar surface area (TPSA) is 76.1 Å². The van der Waals surface area contributed by atoms with E-state index >= 15 is 0 Å². The van der Waals surface area contributed by atoms with Crippen LogP contribution in [0.2, 0.25) is 15.2 Å². The van der Waals surface area contributed by atoms with Gasteiger partial charge in [0.1, 0.15) is 15.7 Å². The highest BCUT2D eigenvalue weighted by Gasteiger charge is 2.25. The van der Waals surface area contributed by atoms with Gasteiger partial charge in [0.15, 0.2) is 0 Å². The molecule has 0 fully saturated rings. The molecule has 22 heavy (non-hydrogen) atoms. The van der Waals surface area contributed by atoms with Gasteiger partial charge in [0.25, 0.3) is 15.9 Å². The third-order valence-corrected chi connectivity index (χ3v) is 5.06. The number of pyridine rings is 1. The van der Waals surface area contributed by atoms with Gasteiger partial charge in [-0.15, -0.1) is 0 Å². The Kier molecular flexibility index (Phi) is 4.97. The van der Waals surface area contributed by atoms with Crippen molar-refractivity contribution >= 4 is 50.7 Å². The zero-order valence-corrected chi connectivity index (χ0v) is 14.2. The Hall–Kier alpha value is -1.34. The summed E-state index contributed by atoms with van der Waals surface area (Å²) in [5, 5.41) is -0.107. The number of aromatic nitrogens is 1. The van der Waals surface area contributed by atoms with Crippen molar-refractivity contribution < 1.29 is 13.2 Å². The van der Waals surface area contributed by atoms with E-state index in [1.54, 1.807) is 6.92 Å². The lowest BCUT2D eigenvalue weighted by molar-refractivity contribution is 0.0976. The van der Waals surface area contributed by atoms with E-state index in [9.17, 15) is 13.2 Å². The van der Waals surface area contributed by atoms with E-state index in [0.29, 0.717) is 5.56 Å². The molecule has 0 spiro atoms. The summed E-state index contributed by atoms with van der Waals surface area (Å²) >= 11 is 17.4. The predicted molar refractivity (Wildman–Crippen MR) is 85.1 cm³/mol. The van der Waals surface area contributed by atoms with E-state index in [1.807, 2.05) is 4.72 Å². The maximum absolute atomic E-state index is 12.3. The molecule has 0 aliphatic heterocycles. The summed E-state index contributed by atoms with van der Waals surface area (Å²) in [6.45, 7) is 1.70. The molecule has 0 aliphatic carbocycles. The molecule has 1 amide bonds. The SMILES string of the molecule is Cc1cc(Cl)nc(C(=O)NS(=O)(=O)c2c(Cl)cccc2Cl)c1. The van der Waals surface area contributed by atoms with Crippen molar-refractivity contribution in [1.82, 2.24) is 9.71 Å². The number of benzene rings is 1. The summed E-state index contributed by atoms with van der Waals surface area (Å²) in [4.78, 5) is 15.5. The fraction of sp³-hybridized carbons (Fsp3) is 0.0769. The summed E-state index contributed by atoms with van der Waals surface area (Å²) in [5.74, 6) is -0.929. The highest BCUT2D eigenvalue weighted by molar-refractivity contribution is 7.90. The molecule has 0 atom stereocenters. The van der Waals surface area contributed by atoms with Crippen LogP contribution < -0.4 is 4.72 Å². The molecule has 0 aliphatic rings. The van der Waals surface area contributed by atoms with E-state index in [4.69, 9.17) is 34.8 Å². The summed E-state index contributed by atoms with van der Waals surface area (Å²) in [5.41, 5.74) is 0.537. The minimum Gasteiger partial charge on any atom is -0.266 e. The van der Waals surface area contributed by atoms with Crippen molar-refractivity contribution in [2.45, 2.75) is 11.8 Å². The lowest BCUT2D eigenvalue weighted by Crippen LogP contribution is -2.31. The first-order valence-electron chi connectivity index (χ1n) is 5.86. The lowest BCUT2D eigenvalue weighted by Gasteiger charge is -2.10. The van der Waals surface area contributed by atoms with Crippen LogP contribution >= 0.6 is 34.8 Å². The average molecular weight is 380 g/mol. The van der Waals surface area contributed by atoms with E-state index in [2.05, 4.69) is 4.98 Å². The normalized spacial score (nSPS) is 11.3. The largest absolute Gasteiger partial charge is 0.283 e. The van der Waals surface area contributed by atoms with Gasteiger partial charge in [-0.3, -0.25) is 4.79 Å². The Bertz CT molecular complexity index is 813. The molecule has 0 saturated carbocycles. The zero-order chi connectivity index (χ0) is 16.5. The van der Waals surface area contributed by atoms with Gasteiger partial charge in [-0.2, -0.15) is 0 Å². The number of sulfonamides is 1. The van der Waals surface area contributed by atoms with Gasteiger partial charge in [0, 0.05) is 0 Å². The summed E-state index contributed by atoms with van der Waals surface area (Å²) in [7, 11) is -4.24. The van der Waals surface area contributed by atoms with E-state index in [-0.39, 0.29) is 25.8 Å². The first kappa shape index (κ1) is 17.0. The number of carbonyl (C=O) groups is 1. The second-order valence-electron chi connectivity index (χ2n) is 4.34. The Labute approximate surface area is 142 Å². The molecule has 0 unspecified atom stereocenters. The molecule has 0 saturated heterocycles. The summed E-state index contributed by atoms with van der Waals surface area (Å²) < 4.78 is 26.4. The predicted octanol–water partition coefficient (Wildman–Crippen LogP) is 3.47. The minimum atomic E-state index is -4.24. The van der Waals surface area contributed by atoms with Crippen LogP contribution in [0.25, 0.3) is 0 Å². The average Bonchev–Trinajstić information content (AvgIpc) is 2.36.